The van der Waals surface area contributed by atoms with Crippen LogP contribution in [0.1, 0.15) is 58.3 Å². The summed E-state index contributed by atoms with van der Waals surface area (Å²) < 4.78 is 0. The number of hydrogen-bond acceptors (Lipinski definition) is 5. The van der Waals surface area contributed by atoms with Crippen molar-refractivity contribution >= 4 is 17.6 Å². The Morgan fingerprint density at radius 3 is 2.40 bits per heavy atom. The molecule has 0 aliphatic heterocycles. The van der Waals surface area contributed by atoms with Gasteiger partial charge < -0.3 is 10.6 Å². The molecular formula is C19H28N4O2. The maximum Gasteiger partial charge on any atom is 0.223 e. The van der Waals surface area contributed by atoms with Gasteiger partial charge in [-0.15, -0.1) is 0 Å². The number of aromatic nitrogens is 2. The van der Waals surface area contributed by atoms with Crippen LogP contribution in [0.2, 0.25) is 0 Å². The van der Waals surface area contributed by atoms with E-state index >= 15 is 0 Å². The number of amides is 1. The van der Waals surface area contributed by atoms with Gasteiger partial charge in [0.2, 0.25) is 11.9 Å². The number of carbonyl (C=O) groups excluding carboxylic acids is 2. The highest BCUT2D eigenvalue weighted by atomic mass is 16.2. The average molecular weight is 344 g/mol. The van der Waals surface area contributed by atoms with Crippen LogP contribution in [-0.2, 0) is 9.59 Å². The molecule has 0 atom stereocenters. The zero-order chi connectivity index (χ0) is 17.7. The Hall–Kier alpha value is -1.98. The third-order valence-corrected chi connectivity index (χ3v) is 5.80. The van der Waals surface area contributed by atoms with Gasteiger partial charge in [-0.3, -0.25) is 9.59 Å². The summed E-state index contributed by atoms with van der Waals surface area (Å²) in [5, 5.41) is 6.21. The molecule has 6 heteroatoms. The van der Waals surface area contributed by atoms with E-state index in [-0.39, 0.29) is 29.6 Å². The van der Waals surface area contributed by atoms with Gasteiger partial charge in [0.25, 0.3) is 0 Å². The minimum Gasteiger partial charge on any atom is -0.351 e. The van der Waals surface area contributed by atoms with E-state index in [4.69, 9.17) is 0 Å². The second-order valence-corrected chi connectivity index (χ2v) is 7.67. The molecule has 2 aliphatic carbocycles. The van der Waals surface area contributed by atoms with Crippen LogP contribution in [0.25, 0.3) is 0 Å². The van der Waals surface area contributed by atoms with Crippen molar-refractivity contribution in [3.05, 3.63) is 18.5 Å². The monoisotopic (exact) mass is 344 g/mol. The summed E-state index contributed by atoms with van der Waals surface area (Å²) >= 11 is 0. The van der Waals surface area contributed by atoms with Crippen molar-refractivity contribution in [3.8, 4) is 0 Å². The maximum atomic E-state index is 12.4. The zero-order valence-corrected chi connectivity index (χ0v) is 15.0. The van der Waals surface area contributed by atoms with Gasteiger partial charge in [-0.05, 0) is 44.6 Å². The predicted molar refractivity (Wildman–Crippen MR) is 96.0 cm³/mol. The number of ketones is 1. The van der Waals surface area contributed by atoms with E-state index in [1.54, 1.807) is 18.5 Å². The van der Waals surface area contributed by atoms with Crippen molar-refractivity contribution in [1.82, 2.24) is 15.3 Å². The molecule has 2 aliphatic rings. The molecule has 1 aromatic heterocycles. The molecule has 0 unspecified atom stereocenters. The smallest absolute Gasteiger partial charge is 0.223 e. The third-order valence-electron chi connectivity index (χ3n) is 5.80. The molecule has 2 N–H and O–H groups in total. The Bertz CT molecular complexity index is 591. The Balaban J connectivity index is 1.40. The van der Waals surface area contributed by atoms with Crippen LogP contribution in [0.15, 0.2) is 18.5 Å². The second-order valence-electron chi connectivity index (χ2n) is 7.67. The largest absolute Gasteiger partial charge is 0.351 e. The summed E-state index contributed by atoms with van der Waals surface area (Å²) in [7, 11) is 0. The second kappa shape index (κ2) is 7.93. The number of carbonyl (C=O) groups is 2. The van der Waals surface area contributed by atoms with Crippen molar-refractivity contribution in [2.45, 2.75) is 64.3 Å². The number of nitrogens with one attached hydrogen (secondary N) is 2. The molecular weight excluding hydrogens is 316 g/mol. The Kier molecular flexibility index (Phi) is 5.66. The summed E-state index contributed by atoms with van der Waals surface area (Å²) in [6.07, 6.45) is 11.1. The van der Waals surface area contributed by atoms with Crippen LogP contribution in [0.5, 0.6) is 0 Å². The van der Waals surface area contributed by atoms with Crippen molar-refractivity contribution in [2.75, 3.05) is 11.9 Å². The van der Waals surface area contributed by atoms with Gasteiger partial charge in [0.05, 0.1) is 6.54 Å². The molecule has 1 heterocycles. The number of anilines is 1. The van der Waals surface area contributed by atoms with E-state index in [0.29, 0.717) is 12.0 Å². The van der Waals surface area contributed by atoms with Gasteiger partial charge in [-0.1, -0.05) is 19.8 Å². The molecule has 1 aromatic rings. The van der Waals surface area contributed by atoms with E-state index < -0.39 is 0 Å². The van der Waals surface area contributed by atoms with E-state index in [2.05, 4.69) is 20.6 Å². The van der Waals surface area contributed by atoms with Crippen LogP contribution in [0.3, 0.4) is 0 Å². The minimum atomic E-state index is -0.218. The van der Waals surface area contributed by atoms with Crippen LogP contribution < -0.4 is 10.6 Å². The van der Waals surface area contributed by atoms with Gasteiger partial charge in [0.15, 0.2) is 5.78 Å². The first-order chi connectivity index (χ1) is 12.1. The highest BCUT2D eigenvalue weighted by Gasteiger charge is 2.36. The van der Waals surface area contributed by atoms with Crippen molar-refractivity contribution < 1.29 is 9.59 Å². The molecule has 2 saturated carbocycles. The molecule has 0 aromatic carbocycles. The highest BCUT2D eigenvalue weighted by Crippen LogP contribution is 2.38. The first-order valence-electron chi connectivity index (χ1n) is 9.41. The predicted octanol–water partition coefficient (Wildman–Crippen LogP) is 2.71. The standard InChI is InChI=1S/C19H28N4O2/c1-19(9-2-3-10-19)16(24)13-22-17(25)14-5-7-15(8-6-14)23-18-20-11-4-12-21-18/h4,11-12,14-15H,2-3,5-10,13H2,1H3,(H,22,25)(H,20,21,23). The van der Waals surface area contributed by atoms with Crippen LogP contribution in [0, 0.1) is 11.3 Å². The topological polar surface area (TPSA) is 84.0 Å². The summed E-state index contributed by atoms with van der Waals surface area (Å²) in [4.78, 5) is 33.1. The lowest BCUT2D eigenvalue weighted by atomic mass is 9.83. The Labute approximate surface area is 149 Å². The average Bonchev–Trinajstić information content (AvgIpc) is 3.09. The van der Waals surface area contributed by atoms with Crippen LogP contribution >= 0.6 is 0 Å². The zero-order valence-electron chi connectivity index (χ0n) is 15.0. The molecule has 1 amide bonds. The normalized spacial score (nSPS) is 25.3. The van der Waals surface area contributed by atoms with E-state index in [1.165, 1.54) is 0 Å². The molecule has 25 heavy (non-hydrogen) atoms. The molecule has 3 rings (SSSR count). The quantitative estimate of drug-likeness (QED) is 0.829. The highest BCUT2D eigenvalue weighted by molar-refractivity contribution is 5.90. The molecule has 0 radical (unpaired) electrons. The first kappa shape index (κ1) is 17.8. The van der Waals surface area contributed by atoms with Gasteiger partial charge in [0, 0.05) is 29.8 Å². The number of Topliss-reactive ketones (excluding diaryl/α,β-unsaturated/α-hetero) is 1. The fraction of sp³-hybridized carbons (Fsp3) is 0.684. The third kappa shape index (κ3) is 4.55. The molecule has 0 bridgehead atoms. The van der Waals surface area contributed by atoms with Crippen LogP contribution in [0.4, 0.5) is 5.95 Å². The number of nitrogens with zero attached hydrogens (tertiary/aromatic N) is 2. The minimum absolute atomic E-state index is 0.0129. The number of hydrogen-bond donors (Lipinski definition) is 2. The Morgan fingerprint density at radius 2 is 1.76 bits per heavy atom. The van der Waals surface area contributed by atoms with Crippen molar-refractivity contribution in [1.29, 1.82) is 0 Å². The lowest BCUT2D eigenvalue weighted by molar-refractivity contribution is -0.132. The summed E-state index contributed by atoms with van der Waals surface area (Å²) in [6.45, 7) is 2.22. The lowest BCUT2D eigenvalue weighted by Crippen LogP contribution is -2.41. The van der Waals surface area contributed by atoms with Crippen molar-refractivity contribution in [2.24, 2.45) is 11.3 Å². The van der Waals surface area contributed by atoms with Crippen LogP contribution in [-0.4, -0.2) is 34.2 Å². The SMILES string of the molecule is CC1(C(=O)CNC(=O)C2CCC(Nc3ncccn3)CC2)CCCC1. The Morgan fingerprint density at radius 1 is 1.12 bits per heavy atom. The van der Waals surface area contributed by atoms with Gasteiger partial charge >= 0.3 is 0 Å². The summed E-state index contributed by atoms with van der Waals surface area (Å²) in [5.74, 6) is 0.879. The molecule has 2 fully saturated rings. The van der Waals surface area contributed by atoms with E-state index in [1.807, 2.05) is 6.92 Å². The molecule has 6 nitrogen and oxygen atoms in total. The molecule has 0 saturated heterocycles. The number of rotatable bonds is 6. The van der Waals surface area contributed by atoms with Gasteiger partial charge in [-0.2, -0.15) is 0 Å². The fourth-order valence-electron chi connectivity index (χ4n) is 4.02. The van der Waals surface area contributed by atoms with Gasteiger partial charge in [-0.25, -0.2) is 9.97 Å². The fourth-order valence-corrected chi connectivity index (χ4v) is 4.02. The molecule has 0 spiro atoms. The summed E-state index contributed by atoms with van der Waals surface area (Å²) in [6, 6.07) is 2.10. The van der Waals surface area contributed by atoms with Gasteiger partial charge in [0.1, 0.15) is 0 Å². The lowest BCUT2D eigenvalue weighted by Gasteiger charge is -2.29. The van der Waals surface area contributed by atoms with E-state index in [9.17, 15) is 9.59 Å². The summed E-state index contributed by atoms with van der Waals surface area (Å²) in [5.41, 5.74) is -0.218. The molecule has 136 valence electrons. The maximum absolute atomic E-state index is 12.4. The van der Waals surface area contributed by atoms with E-state index in [0.717, 1.165) is 51.4 Å². The van der Waals surface area contributed by atoms with Crippen molar-refractivity contribution in [3.63, 3.8) is 0 Å². The first-order valence-corrected chi connectivity index (χ1v) is 9.41.